The Morgan fingerprint density at radius 1 is 1.47 bits per heavy atom. The third kappa shape index (κ3) is 3.16. The van der Waals surface area contributed by atoms with E-state index in [1.165, 1.54) is 6.07 Å². The molecule has 0 atom stereocenters. The van der Waals surface area contributed by atoms with E-state index in [9.17, 15) is 4.39 Å². The normalized spacial score (nSPS) is 11.8. The number of hydrogen-bond acceptors (Lipinski definition) is 2. The Labute approximate surface area is 94.1 Å². The molecular weight excluding hydrogens is 217 g/mol. The van der Waals surface area contributed by atoms with E-state index in [-0.39, 0.29) is 17.2 Å². The number of rotatable bonds is 4. The lowest BCUT2D eigenvalue weighted by atomic mass is 9.84. The van der Waals surface area contributed by atoms with Crippen molar-refractivity contribution in [2.24, 2.45) is 0 Å². The lowest BCUT2D eigenvalue weighted by Crippen LogP contribution is -2.33. The van der Waals surface area contributed by atoms with Crippen molar-refractivity contribution in [3.63, 3.8) is 0 Å². The molecule has 2 N–H and O–H groups in total. The Morgan fingerprint density at radius 3 is 2.67 bits per heavy atom. The molecule has 4 heteroatoms. The molecule has 2 nitrogen and oxygen atoms in total. The van der Waals surface area contributed by atoms with Gasteiger partial charge in [0, 0.05) is 12.0 Å². The summed E-state index contributed by atoms with van der Waals surface area (Å²) >= 11 is 5.71. The molecule has 0 bridgehead atoms. The van der Waals surface area contributed by atoms with Crippen LogP contribution in [0.5, 0.6) is 0 Å². The highest BCUT2D eigenvalue weighted by molar-refractivity contribution is 6.30. The van der Waals surface area contributed by atoms with Gasteiger partial charge in [0.25, 0.3) is 0 Å². The molecule has 0 unspecified atom stereocenters. The van der Waals surface area contributed by atoms with Gasteiger partial charge >= 0.3 is 0 Å². The van der Waals surface area contributed by atoms with E-state index in [0.717, 1.165) is 5.56 Å². The third-order valence-corrected chi connectivity index (χ3v) is 2.67. The van der Waals surface area contributed by atoms with E-state index >= 15 is 0 Å². The largest absolute Gasteiger partial charge is 0.381 e. The van der Waals surface area contributed by atoms with Gasteiger partial charge in [0.1, 0.15) is 5.82 Å². The summed E-state index contributed by atoms with van der Waals surface area (Å²) < 4.78 is 13.0. The van der Waals surface area contributed by atoms with Crippen LogP contribution in [0.15, 0.2) is 18.2 Å². The molecule has 0 aliphatic heterocycles. The predicted molar refractivity (Wildman–Crippen MR) is 59.5 cm³/mol. The molecular formula is C11H15ClFNO. The van der Waals surface area contributed by atoms with Gasteiger partial charge in [0.05, 0.1) is 11.8 Å². The molecule has 0 spiro atoms. The molecule has 0 radical (unpaired) electrons. The van der Waals surface area contributed by atoms with Gasteiger partial charge in [-0.15, -0.1) is 0 Å². The van der Waals surface area contributed by atoms with Gasteiger partial charge in [-0.3, -0.25) is 5.32 Å². The maximum absolute atomic E-state index is 13.0. The van der Waals surface area contributed by atoms with E-state index in [0.29, 0.717) is 6.54 Å². The number of hydrogen-bond donors (Lipinski definition) is 2. The monoisotopic (exact) mass is 231 g/mol. The van der Waals surface area contributed by atoms with Crippen LogP contribution in [-0.4, -0.2) is 18.4 Å². The molecule has 15 heavy (non-hydrogen) atoms. The van der Waals surface area contributed by atoms with Crippen molar-refractivity contribution in [1.29, 1.82) is 0 Å². The number of aliphatic hydroxyl groups excluding tert-OH is 1. The van der Waals surface area contributed by atoms with E-state index in [1.54, 1.807) is 12.1 Å². The fourth-order valence-electron chi connectivity index (χ4n) is 1.39. The van der Waals surface area contributed by atoms with Crippen LogP contribution in [-0.2, 0) is 5.41 Å². The van der Waals surface area contributed by atoms with Crippen molar-refractivity contribution in [3.05, 3.63) is 34.6 Å². The summed E-state index contributed by atoms with van der Waals surface area (Å²) in [5.41, 5.74) is 0.745. The van der Waals surface area contributed by atoms with Crippen molar-refractivity contribution in [1.82, 2.24) is 5.32 Å². The van der Waals surface area contributed by atoms with E-state index < -0.39 is 5.82 Å². The number of halogens is 2. The van der Waals surface area contributed by atoms with Crippen LogP contribution in [0.4, 0.5) is 4.39 Å². The maximum atomic E-state index is 13.0. The van der Waals surface area contributed by atoms with Crippen LogP contribution >= 0.6 is 11.6 Å². The van der Waals surface area contributed by atoms with Crippen LogP contribution in [0.25, 0.3) is 0 Å². The highest BCUT2D eigenvalue weighted by Gasteiger charge is 2.20. The summed E-state index contributed by atoms with van der Waals surface area (Å²) in [5.74, 6) is -0.411. The van der Waals surface area contributed by atoms with Crippen LogP contribution in [0.1, 0.15) is 19.4 Å². The van der Waals surface area contributed by atoms with Gasteiger partial charge in [-0.05, 0) is 17.7 Å². The van der Waals surface area contributed by atoms with Gasteiger partial charge in [0.2, 0.25) is 0 Å². The first-order valence-corrected chi connectivity index (χ1v) is 5.12. The summed E-state index contributed by atoms with van der Waals surface area (Å²) in [7, 11) is 0. The number of benzene rings is 1. The smallest absolute Gasteiger partial charge is 0.141 e. The summed E-state index contributed by atoms with van der Waals surface area (Å²) in [5, 5.41) is 11.6. The summed E-state index contributed by atoms with van der Waals surface area (Å²) in [6.45, 7) is 4.53. The fraction of sp³-hybridized carbons (Fsp3) is 0.455. The average molecular weight is 232 g/mol. The highest BCUT2D eigenvalue weighted by atomic mass is 35.5. The third-order valence-electron chi connectivity index (χ3n) is 2.38. The maximum Gasteiger partial charge on any atom is 0.141 e. The first kappa shape index (κ1) is 12.4. The SMILES string of the molecule is CC(C)(CNCO)c1ccc(F)c(Cl)c1. The predicted octanol–water partition coefficient (Wildman–Crippen LogP) is 2.30. The van der Waals surface area contributed by atoms with E-state index in [1.807, 2.05) is 13.8 Å². The number of aliphatic hydroxyl groups is 1. The molecule has 0 heterocycles. The zero-order chi connectivity index (χ0) is 11.5. The van der Waals surface area contributed by atoms with Crippen LogP contribution in [0, 0.1) is 5.82 Å². The molecule has 0 saturated carbocycles. The van der Waals surface area contributed by atoms with Crippen molar-refractivity contribution in [2.45, 2.75) is 19.3 Å². The quantitative estimate of drug-likeness (QED) is 0.780. The molecule has 1 aromatic carbocycles. The Bertz CT molecular complexity index is 341. The second kappa shape index (κ2) is 4.92. The Morgan fingerprint density at radius 2 is 2.13 bits per heavy atom. The molecule has 1 rings (SSSR count). The average Bonchev–Trinajstić information content (AvgIpc) is 2.19. The fourth-order valence-corrected chi connectivity index (χ4v) is 1.57. The first-order valence-electron chi connectivity index (χ1n) is 4.74. The van der Waals surface area contributed by atoms with Crippen LogP contribution in [0.3, 0.4) is 0 Å². The Balaban J connectivity index is 2.89. The van der Waals surface area contributed by atoms with Crippen LogP contribution < -0.4 is 5.32 Å². The van der Waals surface area contributed by atoms with Crippen LogP contribution in [0.2, 0.25) is 5.02 Å². The molecule has 0 fully saturated rings. The minimum Gasteiger partial charge on any atom is -0.381 e. The topological polar surface area (TPSA) is 32.3 Å². The second-order valence-electron chi connectivity index (χ2n) is 4.10. The summed E-state index contributed by atoms with van der Waals surface area (Å²) in [6, 6.07) is 4.69. The molecule has 0 aromatic heterocycles. The Hall–Kier alpha value is -0.640. The van der Waals surface area contributed by atoms with Crippen molar-refractivity contribution < 1.29 is 9.50 Å². The molecule has 0 aliphatic carbocycles. The van der Waals surface area contributed by atoms with E-state index in [4.69, 9.17) is 16.7 Å². The Kier molecular flexibility index (Phi) is 4.08. The summed E-state index contributed by atoms with van der Waals surface area (Å²) in [4.78, 5) is 0. The molecule has 84 valence electrons. The second-order valence-corrected chi connectivity index (χ2v) is 4.50. The standard InChI is InChI=1S/C11H15ClFNO/c1-11(2,6-14-7-15)8-3-4-10(13)9(12)5-8/h3-5,14-15H,6-7H2,1-2H3. The molecule has 0 amide bonds. The molecule has 0 saturated heterocycles. The van der Waals surface area contributed by atoms with Crippen molar-refractivity contribution >= 4 is 11.6 Å². The van der Waals surface area contributed by atoms with Gasteiger partial charge in [-0.1, -0.05) is 31.5 Å². The zero-order valence-electron chi connectivity index (χ0n) is 8.85. The first-order chi connectivity index (χ1) is 6.97. The lowest BCUT2D eigenvalue weighted by Gasteiger charge is -2.25. The van der Waals surface area contributed by atoms with Gasteiger partial charge in [-0.25, -0.2) is 4.39 Å². The minimum absolute atomic E-state index is 0.0711. The van der Waals surface area contributed by atoms with E-state index in [2.05, 4.69) is 5.32 Å². The van der Waals surface area contributed by atoms with Crippen molar-refractivity contribution in [3.8, 4) is 0 Å². The zero-order valence-corrected chi connectivity index (χ0v) is 9.61. The van der Waals surface area contributed by atoms with Gasteiger partial charge < -0.3 is 5.11 Å². The van der Waals surface area contributed by atoms with Crippen molar-refractivity contribution in [2.75, 3.05) is 13.3 Å². The lowest BCUT2D eigenvalue weighted by molar-refractivity contribution is 0.247. The molecule has 0 aliphatic rings. The number of nitrogens with one attached hydrogen (secondary N) is 1. The van der Waals surface area contributed by atoms with Gasteiger partial charge in [-0.2, -0.15) is 0 Å². The summed E-state index contributed by atoms with van der Waals surface area (Å²) in [6.07, 6.45) is 0. The van der Waals surface area contributed by atoms with Gasteiger partial charge in [0.15, 0.2) is 0 Å². The minimum atomic E-state index is -0.411. The highest BCUT2D eigenvalue weighted by Crippen LogP contribution is 2.26. The molecule has 1 aromatic rings.